The molecule has 2 heteroatoms. The van der Waals surface area contributed by atoms with Crippen molar-refractivity contribution in [3.63, 3.8) is 0 Å². The van der Waals surface area contributed by atoms with Crippen molar-refractivity contribution in [3.05, 3.63) is 35.9 Å². The first-order valence-corrected chi connectivity index (χ1v) is 7.15. The summed E-state index contributed by atoms with van der Waals surface area (Å²) in [5.41, 5.74) is 1.32. The first kappa shape index (κ1) is 12.2. The lowest BCUT2D eigenvalue weighted by atomic mass is 9.56. The summed E-state index contributed by atoms with van der Waals surface area (Å²) in [7, 11) is 0. The minimum absolute atomic E-state index is 0.0903. The Kier molecular flexibility index (Phi) is 3.40. The highest BCUT2D eigenvalue weighted by Crippen LogP contribution is 2.53. The van der Waals surface area contributed by atoms with Gasteiger partial charge in [0.25, 0.3) is 0 Å². The van der Waals surface area contributed by atoms with Gasteiger partial charge in [-0.25, -0.2) is 0 Å². The molecule has 3 rings (SSSR count). The van der Waals surface area contributed by atoms with Crippen LogP contribution in [0.1, 0.15) is 44.1 Å². The molecule has 2 aliphatic carbocycles. The first-order valence-electron chi connectivity index (χ1n) is 7.15. The van der Waals surface area contributed by atoms with Crippen molar-refractivity contribution in [1.29, 1.82) is 0 Å². The molecule has 1 spiro atoms. The van der Waals surface area contributed by atoms with E-state index in [2.05, 4.69) is 12.1 Å². The molecule has 1 aromatic carbocycles. The predicted molar refractivity (Wildman–Crippen MR) is 71.2 cm³/mol. The Hall–Kier alpha value is -0.860. The van der Waals surface area contributed by atoms with Crippen molar-refractivity contribution >= 4 is 0 Å². The zero-order valence-corrected chi connectivity index (χ0v) is 10.8. The van der Waals surface area contributed by atoms with Crippen LogP contribution in [-0.4, -0.2) is 17.3 Å². The molecular weight excluding hydrogens is 224 g/mol. The zero-order chi connectivity index (χ0) is 12.4. The van der Waals surface area contributed by atoms with Crippen LogP contribution in [0, 0.1) is 5.41 Å². The third-order valence-electron chi connectivity index (χ3n) is 4.82. The van der Waals surface area contributed by atoms with Gasteiger partial charge < -0.3 is 9.84 Å². The van der Waals surface area contributed by atoms with Gasteiger partial charge in [-0.2, -0.15) is 0 Å². The molecule has 2 unspecified atom stereocenters. The monoisotopic (exact) mass is 246 g/mol. The minimum atomic E-state index is -0.126. The summed E-state index contributed by atoms with van der Waals surface area (Å²) in [6.07, 6.45) is 7.09. The second-order valence-corrected chi connectivity index (χ2v) is 5.83. The summed E-state index contributed by atoms with van der Waals surface area (Å²) in [4.78, 5) is 0. The fourth-order valence-corrected chi connectivity index (χ4v) is 3.60. The lowest BCUT2D eigenvalue weighted by Crippen LogP contribution is -2.58. The van der Waals surface area contributed by atoms with E-state index in [-0.39, 0.29) is 17.6 Å². The van der Waals surface area contributed by atoms with Crippen molar-refractivity contribution in [1.82, 2.24) is 0 Å². The highest BCUT2D eigenvalue weighted by Gasteiger charge is 2.55. The maximum Gasteiger partial charge on any atom is 0.0720 e. The Bertz CT molecular complexity index is 381. The zero-order valence-electron chi connectivity index (χ0n) is 10.8. The second kappa shape index (κ2) is 5.02. The summed E-state index contributed by atoms with van der Waals surface area (Å²) in [6, 6.07) is 10.3. The van der Waals surface area contributed by atoms with Crippen LogP contribution in [0.25, 0.3) is 0 Å². The van der Waals surface area contributed by atoms with Crippen LogP contribution in [0.3, 0.4) is 0 Å². The number of benzene rings is 1. The average molecular weight is 246 g/mol. The largest absolute Gasteiger partial charge is 0.392 e. The van der Waals surface area contributed by atoms with Crippen LogP contribution in [0.4, 0.5) is 0 Å². The third-order valence-corrected chi connectivity index (χ3v) is 4.82. The van der Waals surface area contributed by atoms with Gasteiger partial charge in [0.05, 0.1) is 18.8 Å². The maximum atomic E-state index is 10.1. The maximum absolute atomic E-state index is 10.1. The van der Waals surface area contributed by atoms with Gasteiger partial charge >= 0.3 is 0 Å². The molecule has 0 aliphatic heterocycles. The van der Waals surface area contributed by atoms with E-state index in [1.54, 1.807) is 0 Å². The standard InChI is InChI=1S/C16H22O2/c17-14-11-15(16(14)9-5-2-6-10-16)18-12-13-7-3-1-4-8-13/h1,3-4,7-8,14-15,17H,2,5-6,9-12H2. The smallest absolute Gasteiger partial charge is 0.0720 e. The van der Waals surface area contributed by atoms with Gasteiger partial charge in [-0.1, -0.05) is 49.6 Å². The van der Waals surface area contributed by atoms with E-state index in [0.29, 0.717) is 6.61 Å². The average Bonchev–Trinajstić information content (AvgIpc) is 2.45. The molecule has 0 radical (unpaired) electrons. The van der Waals surface area contributed by atoms with Crippen molar-refractivity contribution in [2.75, 3.05) is 0 Å². The molecule has 18 heavy (non-hydrogen) atoms. The van der Waals surface area contributed by atoms with E-state index in [9.17, 15) is 5.11 Å². The van der Waals surface area contributed by atoms with Crippen LogP contribution in [-0.2, 0) is 11.3 Å². The number of ether oxygens (including phenoxy) is 1. The fraction of sp³-hybridized carbons (Fsp3) is 0.625. The van der Waals surface area contributed by atoms with E-state index in [0.717, 1.165) is 19.3 Å². The van der Waals surface area contributed by atoms with Gasteiger partial charge in [0.2, 0.25) is 0 Å². The quantitative estimate of drug-likeness (QED) is 0.886. The fourth-order valence-electron chi connectivity index (χ4n) is 3.60. The molecule has 0 aromatic heterocycles. The van der Waals surface area contributed by atoms with Gasteiger partial charge in [0.1, 0.15) is 0 Å². The molecular formula is C16H22O2. The molecule has 0 heterocycles. The Labute approximate surface area is 109 Å². The lowest BCUT2D eigenvalue weighted by molar-refractivity contribution is -0.210. The second-order valence-electron chi connectivity index (χ2n) is 5.83. The van der Waals surface area contributed by atoms with Crippen LogP contribution < -0.4 is 0 Å². The van der Waals surface area contributed by atoms with Gasteiger partial charge in [0, 0.05) is 11.8 Å². The van der Waals surface area contributed by atoms with Crippen molar-refractivity contribution in [3.8, 4) is 0 Å². The number of aliphatic hydroxyl groups excluding tert-OH is 1. The highest BCUT2D eigenvalue weighted by atomic mass is 16.5. The molecule has 0 amide bonds. The summed E-state index contributed by atoms with van der Waals surface area (Å²) >= 11 is 0. The highest BCUT2D eigenvalue weighted by molar-refractivity contribution is 5.14. The van der Waals surface area contributed by atoms with Crippen molar-refractivity contribution < 1.29 is 9.84 Å². The van der Waals surface area contributed by atoms with E-state index in [1.807, 2.05) is 18.2 Å². The summed E-state index contributed by atoms with van der Waals surface area (Å²) in [5, 5.41) is 10.1. The van der Waals surface area contributed by atoms with E-state index < -0.39 is 0 Å². The van der Waals surface area contributed by atoms with Gasteiger partial charge in [-0.05, 0) is 18.4 Å². The van der Waals surface area contributed by atoms with Gasteiger partial charge in [0.15, 0.2) is 0 Å². The third kappa shape index (κ3) is 2.08. The van der Waals surface area contributed by atoms with Crippen LogP contribution >= 0.6 is 0 Å². The van der Waals surface area contributed by atoms with Crippen molar-refractivity contribution in [2.45, 2.75) is 57.3 Å². The van der Waals surface area contributed by atoms with Crippen LogP contribution in [0.15, 0.2) is 30.3 Å². The van der Waals surface area contributed by atoms with E-state index in [1.165, 1.54) is 24.8 Å². The topological polar surface area (TPSA) is 29.5 Å². The number of hydrogen-bond acceptors (Lipinski definition) is 2. The Morgan fingerprint density at radius 2 is 1.83 bits per heavy atom. The Morgan fingerprint density at radius 1 is 1.11 bits per heavy atom. The van der Waals surface area contributed by atoms with E-state index in [4.69, 9.17) is 4.74 Å². The predicted octanol–water partition coefficient (Wildman–Crippen LogP) is 3.29. The molecule has 2 atom stereocenters. The van der Waals surface area contributed by atoms with E-state index >= 15 is 0 Å². The summed E-state index contributed by atoms with van der Waals surface area (Å²) in [6.45, 7) is 0.681. The first-order chi connectivity index (χ1) is 8.81. The lowest BCUT2D eigenvalue weighted by Gasteiger charge is -2.55. The summed E-state index contributed by atoms with van der Waals surface area (Å²) in [5.74, 6) is 0. The van der Waals surface area contributed by atoms with Crippen molar-refractivity contribution in [2.24, 2.45) is 5.41 Å². The molecule has 98 valence electrons. The molecule has 2 saturated carbocycles. The molecule has 1 N–H and O–H groups in total. The molecule has 0 saturated heterocycles. The molecule has 1 aromatic rings. The molecule has 2 aliphatic rings. The van der Waals surface area contributed by atoms with Crippen LogP contribution in [0.5, 0.6) is 0 Å². The normalized spacial score (nSPS) is 30.1. The number of hydrogen-bond donors (Lipinski definition) is 1. The van der Waals surface area contributed by atoms with Gasteiger partial charge in [-0.15, -0.1) is 0 Å². The summed E-state index contributed by atoms with van der Waals surface area (Å²) < 4.78 is 6.07. The number of rotatable bonds is 3. The Balaban J connectivity index is 1.60. The minimum Gasteiger partial charge on any atom is -0.392 e. The molecule has 0 bridgehead atoms. The van der Waals surface area contributed by atoms with Gasteiger partial charge in [-0.3, -0.25) is 0 Å². The van der Waals surface area contributed by atoms with Crippen LogP contribution in [0.2, 0.25) is 0 Å². The molecule has 2 fully saturated rings. The number of aliphatic hydroxyl groups is 1. The SMILES string of the molecule is OC1CC(OCc2ccccc2)C12CCCCC2. The Morgan fingerprint density at radius 3 is 2.50 bits per heavy atom. The molecule has 2 nitrogen and oxygen atoms in total.